The molecule has 0 N–H and O–H groups in total. The number of rotatable bonds is 0. The zero-order valence-corrected chi connectivity index (χ0v) is 13.4. The van der Waals surface area contributed by atoms with Crippen molar-refractivity contribution in [3.8, 4) is 0 Å². The normalized spacial score (nSPS) is 6.00. The molecule has 15 heavy (non-hydrogen) atoms. The Morgan fingerprint density at radius 3 is 0.933 bits per heavy atom. The summed E-state index contributed by atoms with van der Waals surface area (Å²) in [5, 5.41) is 0. The average Bonchev–Trinajstić information content (AvgIpc) is 2.85. The van der Waals surface area contributed by atoms with Crippen molar-refractivity contribution in [2.45, 2.75) is 0 Å². The first-order valence-corrected chi connectivity index (χ1v) is 10.0. The van der Waals surface area contributed by atoms with E-state index in [9.17, 15) is 0 Å². The average molecular weight is 365 g/mol. The van der Waals surface area contributed by atoms with Gasteiger partial charge in [0.2, 0.25) is 0 Å². The number of hydrogen-bond donors (Lipinski definition) is 0. The fraction of sp³-hybridized carbons (Fsp3) is 0. The maximum atomic E-state index is 4.93. The third kappa shape index (κ3) is 20.7. The van der Waals surface area contributed by atoms with Gasteiger partial charge in [-0.1, -0.05) is 0 Å². The van der Waals surface area contributed by atoms with Crippen LogP contribution in [0.4, 0.5) is 0 Å². The molecule has 2 aromatic carbocycles. The minimum atomic E-state index is -0.826. The molecule has 0 atom stereocenters. The molecule has 0 bridgehead atoms. The Labute approximate surface area is 122 Å². The third-order valence-electron chi connectivity index (χ3n) is 1.11. The van der Waals surface area contributed by atoms with Gasteiger partial charge in [-0.2, -0.15) is 36.4 Å². The quantitative estimate of drug-likeness (QED) is 0.575. The maximum Gasteiger partial charge on any atom is -0.172 e. The second-order valence-corrected chi connectivity index (χ2v) is 5.73. The fourth-order valence-electron chi connectivity index (χ4n) is 0.642. The minimum Gasteiger partial charge on any atom is -0.214 e. The standard InChI is InChI=1S/2C5H5.4ClH.Zr/c2*1-2-4-5-3-1;;;;;/h2*1-5H;4*1H;/q2*-1;;;;;+4/p-2. The van der Waals surface area contributed by atoms with Crippen LogP contribution in [0, 0.1) is 0 Å². The van der Waals surface area contributed by atoms with Crippen molar-refractivity contribution in [2.75, 3.05) is 0 Å². The van der Waals surface area contributed by atoms with Gasteiger partial charge in [0.25, 0.3) is 0 Å². The van der Waals surface area contributed by atoms with E-state index in [2.05, 4.69) is 0 Å². The van der Waals surface area contributed by atoms with Crippen LogP contribution in [0.3, 0.4) is 0 Å². The van der Waals surface area contributed by atoms with Crippen LogP contribution in [0.25, 0.3) is 0 Å². The van der Waals surface area contributed by atoms with Crippen LogP contribution in [-0.2, 0) is 20.8 Å². The van der Waals surface area contributed by atoms with Crippen molar-refractivity contribution in [1.82, 2.24) is 0 Å². The molecule has 2 aromatic rings. The zero-order chi connectivity index (χ0) is 9.78. The van der Waals surface area contributed by atoms with Gasteiger partial charge in [-0.25, -0.2) is 24.3 Å². The number of hydrogen-bond acceptors (Lipinski definition) is 0. The van der Waals surface area contributed by atoms with Gasteiger partial charge in [0, 0.05) is 0 Å². The van der Waals surface area contributed by atoms with Crippen molar-refractivity contribution >= 4 is 41.8 Å². The molecule has 84 valence electrons. The van der Waals surface area contributed by atoms with Crippen LogP contribution >= 0.6 is 41.8 Å². The van der Waals surface area contributed by atoms with Crippen LogP contribution in [0.1, 0.15) is 0 Å². The monoisotopic (exact) mass is 362 g/mol. The predicted molar refractivity (Wildman–Crippen MR) is 70.3 cm³/mol. The molecule has 0 heterocycles. The summed E-state index contributed by atoms with van der Waals surface area (Å²) in [4.78, 5) is 0. The largest absolute Gasteiger partial charge is 0.214 e. The molecule has 0 amide bonds. The van der Waals surface area contributed by atoms with Crippen LogP contribution in [0.15, 0.2) is 60.7 Å². The second-order valence-electron chi connectivity index (χ2n) is 2.00. The van der Waals surface area contributed by atoms with Gasteiger partial charge in [-0.3, -0.25) is 0 Å². The Morgan fingerprint density at radius 2 is 0.867 bits per heavy atom. The Morgan fingerprint density at radius 1 is 0.667 bits per heavy atom. The van der Waals surface area contributed by atoms with Crippen molar-refractivity contribution in [1.29, 1.82) is 0 Å². The van der Waals surface area contributed by atoms with E-state index < -0.39 is 20.8 Å². The van der Waals surface area contributed by atoms with Gasteiger partial charge in [-0.15, -0.1) is 24.8 Å². The summed E-state index contributed by atoms with van der Waals surface area (Å²) in [6.45, 7) is 0. The minimum absolute atomic E-state index is 0. The van der Waals surface area contributed by atoms with E-state index in [0.29, 0.717) is 0 Å². The van der Waals surface area contributed by atoms with E-state index >= 15 is 0 Å². The summed E-state index contributed by atoms with van der Waals surface area (Å²) in [6, 6.07) is 20.0. The Kier molecular flexibility index (Phi) is 28.4. The van der Waals surface area contributed by atoms with Crippen molar-refractivity contribution < 1.29 is 20.8 Å². The summed E-state index contributed by atoms with van der Waals surface area (Å²) < 4.78 is 0. The molecule has 5 heteroatoms. The van der Waals surface area contributed by atoms with Crippen LogP contribution < -0.4 is 0 Å². The maximum absolute atomic E-state index is 4.93. The summed E-state index contributed by atoms with van der Waals surface area (Å²) in [7, 11) is 9.87. The van der Waals surface area contributed by atoms with Crippen molar-refractivity contribution in [3.63, 3.8) is 0 Å². The topological polar surface area (TPSA) is 0 Å². The van der Waals surface area contributed by atoms with E-state index in [0.717, 1.165) is 0 Å². The molecular weight excluding hydrogens is 353 g/mol. The van der Waals surface area contributed by atoms with E-state index in [-0.39, 0.29) is 24.8 Å². The predicted octanol–water partition coefficient (Wildman–Crippen LogP) is 5.03. The summed E-state index contributed by atoms with van der Waals surface area (Å²) in [5.41, 5.74) is 0. The van der Waals surface area contributed by atoms with E-state index in [1.165, 1.54) is 0 Å². The van der Waals surface area contributed by atoms with Gasteiger partial charge in [0.1, 0.15) is 0 Å². The van der Waals surface area contributed by atoms with Crippen molar-refractivity contribution in [2.24, 2.45) is 0 Å². The van der Waals surface area contributed by atoms with Gasteiger partial charge < -0.3 is 0 Å². The molecular formula is C10H12Cl4Zr. The first-order valence-electron chi connectivity index (χ1n) is 3.71. The molecule has 2 rings (SSSR count). The van der Waals surface area contributed by atoms with E-state index in [1.54, 1.807) is 0 Å². The van der Waals surface area contributed by atoms with Crippen LogP contribution in [-0.4, -0.2) is 0 Å². The van der Waals surface area contributed by atoms with Gasteiger partial charge in [0.15, 0.2) is 0 Å². The van der Waals surface area contributed by atoms with E-state index in [1.807, 2.05) is 60.7 Å². The molecule has 0 spiro atoms. The van der Waals surface area contributed by atoms with Gasteiger partial charge >= 0.3 is 37.9 Å². The summed E-state index contributed by atoms with van der Waals surface area (Å²) >= 11 is -0.826. The first kappa shape index (κ1) is 21.1. The number of halogens is 4. The molecule has 0 unspecified atom stereocenters. The Hall–Kier alpha value is 0.743. The molecule has 0 radical (unpaired) electrons. The van der Waals surface area contributed by atoms with Crippen LogP contribution in [0.5, 0.6) is 0 Å². The first-order chi connectivity index (χ1) is 6.41. The Balaban J connectivity index is -0.000000140. The molecule has 0 nitrogen and oxygen atoms in total. The Bertz CT molecular complexity index is 169. The molecule has 0 aliphatic carbocycles. The molecule has 0 aliphatic heterocycles. The third-order valence-corrected chi connectivity index (χ3v) is 1.11. The second kappa shape index (κ2) is 20.2. The zero-order valence-electron chi connectivity index (χ0n) is 7.85. The van der Waals surface area contributed by atoms with Gasteiger partial charge in [0.05, 0.1) is 0 Å². The van der Waals surface area contributed by atoms with Crippen LogP contribution in [0.2, 0.25) is 0 Å². The smallest absolute Gasteiger partial charge is 0.172 e. The SMILES string of the molecule is Cl.Cl.[Cl][Zr+2][Cl].c1cc[cH-]c1.c1cc[cH-]c1. The summed E-state index contributed by atoms with van der Waals surface area (Å²) in [6.07, 6.45) is 0. The summed E-state index contributed by atoms with van der Waals surface area (Å²) in [5.74, 6) is 0. The molecule has 0 saturated heterocycles. The van der Waals surface area contributed by atoms with E-state index in [4.69, 9.17) is 17.0 Å². The van der Waals surface area contributed by atoms with Crippen molar-refractivity contribution in [3.05, 3.63) is 60.7 Å². The van der Waals surface area contributed by atoms with Gasteiger partial charge in [-0.05, 0) is 0 Å². The molecule has 0 fully saturated rings. The molecule has 0 aromatic heterocycles. The molecule has 0 aliphatic rings. The fourth-order valence-corrected chi connectivity index (χ4v) is 0.642. The molecule has 0 saturated carbocycles.